The number of amides is 1. The molecule has 5 heteroatoms. The van der Waals surface area contributed by atoms with Crippen LogP contribution in [0.3, 0.4) is 0 Å². The zero-order chi connectivity index (χ0) is 14.1. The molecule has 104 valence electrons. The molecule has 0 radical (unpaired) electrons. The smallest absolute Gasteiger partial charge is 0.407 e. The number of carboxylic acid groups (broad SMARTS) is 1. The van der Waals surface area contributed by atoms with Crippen molar-refractivity contribution in [2.75, 3.05) is 31.1 Å². The van der Waals surface area contributed by atoms with E-state index in [2.05, 4.69) is 17.0 Å². The van der Waals surface area contributed by atoms with Crippen molar-refractivity contribution in [2.24, 2.45) is 0 Å². The van der Waals surface area contributed by atoms with Gasteiger partial charge in [-0.1, -0.05) is 35.9 Å². The second-order valence-electron chi connectivity index (χ2n) is 4.87. The van der Waals surface area contributed by atoms with Gasteiger partial charge in [-0.15, -0.1) is 0 Å². The number of carbonyl (C=O) groups is 1. The van der Waals surface area contributed by atoms with Gasteiger partial charge in [-0.05, 0) is 12.1 Å². The fourth-order valence-electron chi connectivity index (χ4n) is 2.67. The zero-order valence-corrected chi connectivity index (χ0v) is 11.7. The third-order valence-corrected chi connectivity index (χ3v) is 4.07. The first kappa shape index (κ1) is 13.1. The van der Waals surface area contributed by atoms with Crippen LogP contribution in [0.15, 0.2) is 36.4 Å². The molecular weight excluding hydrogens is 276 g/mol. The molecule has 0 bridgehead atoms. The van der Waals surface area contributed by atoms with Crippen LogP contribution in [0.1, 0.15) is 0 Å². The summed E-state index contributed by atoms with van der Waals surface area (Å²) in [4.78, 5) is 14.6. The molecule has 0 spiro atoms. The van der Waals surface area contributed by atoms with Crippen LogP contribution in [0.25, 0.3) is 10.8 Å². The highest BCUT2D eigenvalue weighted by atomic mass is 35.5. The van der Waals surface area contributed by atoms with Gasteiger partial charge in [0.1, 0.15) is 0 Å². The number of piperazine rings is 1. The van der Waals surface area contributed by atoms with E-state index in [0.29, 0.717) is 26.2 Å². The van der Waals surface area contributed by atoms with Gasteiger partial charge in [0.25, 0.3) is 0 Å². The highest BCUT2D eigenvalue weighted by Gasteiger charge is 2.21. The molecule has 1 fully saturated rings. The summed E-state index contributed by atoms with van der Waals surface area (Å²) in [7, 11) is 0. The Balaban J connectivity index is 1.92. The zero-order valence-electron chi connectivity index (χ0n) is 10.9. The molecule has 1 heterocycles. The molecule has 1 amide bonds. The SMILES string of the molecule is O=C(O)N1CCN(c2cccc3c(Cl)cccc23)CC1. The van der Waals surface area contributed by atoms with Crippen molar-refractivity contribution < 1.29 is 9.90 Å². The van der Waals surface area contributed by atoms with E-state index in [9.17, 15) is 4.79 Å². The van der Waals surface area contributed by atoms with Gasteiger partial charge in [-0.3, -0.25) is 0 Å². The van der Waals surface area contributed by atoms with E-state index in [0.717, 1.165) is 21.5 Å². The van der Waals surface area contributed by atoms with Gasteiger partial charge in [0.15, 0.2) is 0 Å². The molecule has 0 atom stereocenters. The number of benzene rings is 2. The van der Waals surface area contributed by atoms with Crippen LogP contribution in [0.4, 0.5) is 10.5 Å². The Labute approximate surface area is 122 Å². The van der Waals surface area contributed by atoms with Crippen molar-refractivity contribution in [3.8, 4) is 0 Å². The summed E-state index contributed by atoms with van der Waals surface area (Å²) in [5, 5.41) is 11.9. The van der Waals surface area contributed by atoms with Crippen molar-refractivity contribution in [1.29, 1.82) is 0 Å². The third-order valence-electron chi connectivity index (χ3n) is 3.74. The molecule has 0 aliphatic carbocycles. The highest BCUT2D eigenvalue weighted by Crippen LogP contribution is 2.31. The van der Waals surface area contributed by atoms with E-state index in [-0.39, 0.29) is 0 Å². The molecule has 1 saturated heterocycles. The van der Waals surface area contributed by atoms with Crippen molar-refractivity contribution in [2.45, 2.75) is 0 Å². The summed E-state index contributed by atoms with van der Waals surface area (Å²) < 4.78 is 0. The Hall–Kier alpha value is -1.94. The monoisotopic (exact) mass is 290 g/mol. The van der Waals surface area contributed by atoms with Crippen LogP contribution < -0.4 is 4.90 Å². The number of hydrogen-bond donors (Lipinski definition) is 1. The molecule has 3 rings (SSSR count). The maximum absolute atomic E-state index is 10.9. The van der Waals surface area contributed by atoms with E-state index in [1.165, 1.54) is 4.90 Å². The number of rotatable bonds is 1. The van der Waals surface area contributed by atoms with E-state index in [1.807, 2.05) is 24.3 Å². The maximum Gasteiger partial charge on any atom is 0.407 e. The predicted molar refractivity (Wildman–Crippen MR) is 80.8 cm³/mol. The van der Waals surface area contributed by atoms with Crippen LogP contribution in [0, 0.1) is 0 Å². The Morgan fingerprint density at radius 1 is 1.00 bits per heavy atom. The van der Waals surface area contributed by atoms with Gasteiger partial charge in [0.05, 0.1) is 0 Å². The molecule has 4 nitrogen and oxygen atoms in total. The topological polar surface area (TPSA) is 43.8 Å². The fourth-order valence-corrected chi connectivity index (χ4v) is 2.91. The lowest BCUT2D eigenvalue weighted by atomic mass is 10.1. The average Bonchev–Trinajstić information content (AvgIpc) is 2.47. The molecule has 0 aromatic heterocycles. The normalized spacial score (nSPS) is 15.7. The van der Waals surface area contributed by atoms with E-state index in [4.69, 9.17) is 16.7 Å². The summed E-state index contributed by atoms with van der Waals surface area (Å²) >= 11 is 6.23. The van der Waals surface area contributed by atoms with Crippen LogP contribution in [0.5, 0.6) is 0 Å². The average molecular weight is 291 g/mol. The van der Waals surface area contributed by atoms with Gasteiger partial charge >= 0.3 is 6.09 Å². The molecule has 20 heavy (non-hydrogen) atoms. The first-order chi connectivity index (χ1) is 9.66. The first-order valence-electron chi connectivity index (χ1n) is 6.57. The van der Waals surface area contributed by atoms with Crippen molar-refractivity contribution >= 4 is 34.2 Å². The number of hydrogen-bond acceptors (Lipinski definition) is 2. The number of nitrogens with zero attached hydrogens (tertiary/aromatic N) is 2. The quantitative estimate of drug-likeness (QED) is 0.876. The van der Waals surface area contributed by atoms with Crippen LogP contribution in [0.2, 0.25) is 5.02 Å². The van der Waals surface area contributed by atoms with E-state index >= 15 is 0 Å². The largest absolute Gasteiger partial charge is 0.465 e. The molecule has 1 aliphatic heterocycles. The van der Waals surface area contributed by atoms with Crippen LogP contribution in [-0.4, -0.2) is 42.3 Å². The lowest BCUT2D eigenvalue weighted by Gasteiger charge is -2.35. The van der Waals surface area contributed by atoms with Gasteiger partial charge in [-0.25, -0.2) is 4.79 Å². The molecular formula is C15H15ClN2O2. The first-order valence-corrected chi connectivity index (χ1v) is 6.94. The summed E-state index contributed by atoms with van der Waals surface area (Å²) in [6.45, 7) is 2.48. The third kappa shape index (κ3) is 2.27. The number of anilines is 1. The highest BCUT2D eigenvalue weighted by molar-refractivity contribution is 6.35. The van der Waals surface area contributed by atoms with Gasteiger partial charge in [0, 0.05) is 47.7 Å². The van der Waals surface area contributed by atoms with E-state index in [1.54, 1.807) is 0 Å². The van der Waals surface area contributed by atoms with Crippen LogP contribution >= 0.6 is 11.6 Å². The Morgan fingerprint density at radius 3 is 2.35 bits per heavy atom. The van der Waals surface area contributed by atoms with Crippen molar-refractivity contribution in [3.63, 3.8) is 0 Å². The maximum atomic E-state index is 10.9. The predicted octanol–water partition coefficient (Wildman–Crippen LogP) is 3.29. The molecule has 0 saturated carbocycles. The Morgan fingerprint density at radius 2 is 1.65 bits per heavy atom. The van der Waals surface area contributed by atoms with Crippen molar-refractivity contribution in [3.05, 3.63) is 41.4 Å². The minimum absolute atomic E-state index is 0.534. The number of halogens is 1. The summed E-state index contributed by atoms with van der Waals surface area (Å²) in [6.07, 6.45) is -0.842. The Bertz CT molecular complexity index is 651. The van der Waals surface area contributed by atoms with Gasteiger partial charge in [0.2, 0.25) is 0 Å². The minimum atomic E-state index is -0.842. The molecule has 1 N–H and O–H groups in total. The lowest BCUT2D eigenvalue weighted by Crippen LogP contribution is -2.48. The van der Waals surface area contributed by atoms with E-state index < -0.39 is 6.09 Å². The molecule has 0 unspecified atom stereocenters. The van der Waals surface area contributed by atoms with Gasteiger partial charge < -0.3 is 14.9 Å². The number of fused-ring (bicyclic) bond motifs is 1. The van der Waals surface area contributed by atoms with Crippen LogP contribution in [-0.2, 0) is 0 Å². The summed E-state index contributed by atoms with van der Waals surface area (Å²) in [6, 6.07) is 12.0. The molecule has 2 aromatic rings. The molecule has 1 aliphatic rings. The summed E-state index contributed by atoms with van der Waals surface area (Å²) in [5.74, 6) is 0. The Kier molecular flexibility index (Phi) is 3.40. The summed E-state index contributed by atoms with van der Waals surface area (Å²) in [5.41, 5.74) is 1.12. The fraction of sp³-hybridized carbons (Fsp3) is 0.267. The van der Waals surface area contributed by atoms with Gasteiger partial charge in [-0.2, -0.15) is 0 Å². The lowest BCUT2D eigenvalue weighted by molar-refractivity contribution is 0.142. The standard InChI is InChI=1S/C15H15ClN2O2/c16-13-5-1-4-12-11(13)3-2-6-14(12)17-7-9-18(10-8-17)15(19)20/h1-6H,7-10H2,(H,19,20). The minimum Gasteiger partial charge on any atom is -0.465 e. The second kappa shape index (κ2) is 5.21. The molecule has 2 aromatic carbocycles. The second-order valence-corrected chi connectivity index (χ2v) is 5.28. The van der Waals surface area contributed by atoms with Crippen molar-refractivity contribution in [1.82, 2.24) is 4.90 Å².